The van der Waals surface area contributed by atoms with Crippen LogP contribution in [0.4, 0.5) is 5.69 Å². The van der Waals surface area contributed by atoms with E-state index >= 15 is 0 Å². The quantitative estimate of drug-likeness (QED) is 0.815. The topological polar surface area (TPSA) is 53.8 Å². The largest absolute Gasteiger partial charge is 0.475 e. The molecule has 0 saturated heterocycles. The molecular formula is C14H19ClN2O2. The molecule has 1 aliphatic rings. The number of alkyl halides is 1. The Morgan fingerprint density at radius 1 is 1.42 bits per heavy atom. The highest BCUT2D eigenvalue weighted by Crippen LogP contribution is 2.21. The van der Waals surface area contributed by atoms with Crippen molar-refractivity contribution in [3.05, 3.63) is 29.8 Å². The molecule has 1 aliphatic heterocycles. The molecule has 1 aromatic rings. The van der Waals surface area contributed by atoms with E-state index in [1.807, 2.05) is 38.1 Å². The number of aliphatic imine (C=N–C) groups is 1. The molecule has 1 unspecified atom stereocenters. The molecule has 19 heavy (non-hydrogen) atoms. The number of rotatable bonds is 5. The van der Waals surface area contributed by atoms with Gasteiger partial charge in [0.05, 0.1) is 17.5 Å². The average molecular weight is 283 g/mol. The van der Waals surface area contributed by atoms with Crippen molar-refractivity contribution in [3.63, 3.8) is 0 Å². The third kappa shape index (κ3) is 3.85. The number of hydrogen-bond donors (Lipinski definition) is 2. The lowest BCUT2D eigenvalue weighted by molar-refractivity contribution is 0.211. The molecule has 0 radical (unpaired) electrons. The van der Waals surface area contributed by atoms with Crippen LogP contribution in [0.3, 0.4) is 0 Å². The molecular weight excluding hydrogens is 264 g/mol. The summed E-state index contributed by atoms with van der Waals surface area (Å²) < 4.78 is 5.58. The summed E-state index contributed by atoms with van der Waals surface area (Å²) in [4.78, 5) is 4.52. The first-order chi connectivity index (χ1) is 9.00. The average Bonchev–Trinajstić information content (AvgIpc) is 2.77. The molecule has 0 amide bonds. The van der Waals surface area contributed by atoms with Crippen LogP contribution >= 0.6 is 11.6 Å². The van der Waals surface area contributed by atoms with Gasteiger partial charge in [0.2, 0.25) is 5.90 Å². The smallest absolute Gasteiger partial charge is 0.216 e. The van der Waals surface area contributed by atoms with Gasteiger partial charge in [-0.05, 0) is 38.1 Å². The van der Waals surface area contributed by atoms with E-state index in [0.717, 1.165) is 11.3 Å². The number of hydrogen-bond acceptors (Lipinski definition) is 4. The zero-order chi connectivity index (χ0) is 13.9. The van der Waals surface area contributed by atoms with Crippen LogP contribution < -0.4 is 5.32 Å². The number of benzene rings is 1. The highest BCUT2D eigenvalue weighted by molar-refractivity contribution is 6.18. The van der Waals surface area contributed by atoms with Crippen molar-refractivity contribution >= 4 is 23.2 Å². The normalized spacial score (nSPS) is 18.6. The van der Waals surface area contributed by atoms with Gasteiger partial charge in [-0.2, -0.15) is 0 Å². The van der Waals surface area contributed by atoms with Gasteiger partial charge in [0.25, 0.3) is 0 Å². The molecule has 0 saturated carbocycles. The number of aliphatic hydroxyl groups excluding tert-OH is 1. The van der Waals surface area contributed by atoms with Crippen molar-refractivity contribution < 1.29 is 9.84 Å². The van der Waals surface area contributed by atoms with Crippen molar-refractivity contribution in [3.8, 4) is 0 Å². The zero-order valence-electron chi connectivity index (χ0n) is 11.2. The number of nitrogens with one attached hydrogen (secondary N) is 1. The molecule has 5 heteroatoms. The van der Waals surface area contributed by atoms with Gasteiger partial charge in [0.1, 0.15) is 6.61 Å². The Balaban J connectivity index is 1.99. The monoisotopic (exact) mass is 282 g/mol. The van der Waals surface area contributed by atoms with E-state index in [0.29, 0.717) is 19.0 Å². The molecule has 0 spiro atoms. The summed E-state index contributed by atoms with van der Waals surface area (Å²) in [5.41, 5.74) is 1.76. The number of nitrogens with zero attached hydrogens (tertiary/aromatic N) is 1. The summed E-state index contributed by atoms with van der Waals surface area (Å²) in [6.45, 7) is 5.14. The maximum atomic E-state index is 9.37. The van der Waals surface area contributed by atoms with Gasteiger partial charge in [-0.15, -0.1) is 11.6 Å². The van der Waals surface area contributed by atoms with E-state index in [9.17, 15) is 5.11 Å². The maximum Gasteiger partial charge on any atom is 0.216 e. The number of aliphatic hydroxyl groups is 1. The predicted octanol–water partition coefficient (Wildman–Crippen LogP) is 2.25. The van der Waals surface area contributed by atoms with Gasteiger partial charge < -0.3 is 15.2 Å². The molecule has 2 N–H and O–H groups in total. The summed E-state index contributed by atoms with van der Waals surface area (Å²) in [7, 11) is 0. The second kappa shape index (κ2) is 5.80. The first kappa shape index (κ1) is 14.2. The van der Waals surface area contributed by atoms with E-state index < -0.39 is 6.10 Å². The van der Waals surface area contributed by atoms with Crippen LogP contribution in [-0.2, 0) is 4.74 Å². The third-order valence-electron chi connectivity index (χ3n) is 2.82. The van der Waals surface area contributed by atoms with Gasteiger partial charge >= 0.3 is 0 Å². The summed E-state index contributed by atoms with van der Waals surface area (Å²) in [6.07, 6.45) is -0.537. The molecule has 0 aromatic heterocycles. The molecule has 4 nitrogen and oxygen atoms in total. The Bertz CT molecular complexity index is 457. The standard InChI is InChI=1S/C14H19ClN2O2/c1-14(2)9-19-13(17-14)10-3-5-11(6-4-10)16-8-12(18)7-15/h3-6,12,16,18H,7-9H2,1-2H3. The Kier molecular flexibility index (Phi) is 4.32. The lowest BCUT2D eigenvalue weighted by Crippen LogP contribution is -2.20. The fourth-order valence-electron chi connectivity index (χ4n) is 1.75. The van der Waals surface area contributed by atoms with Crippen molar-refractivity contribution in [1.82, 2.24) is 0 Å². The first-order valence-corrected chi connectivity index (χ1v) is 6.84. The summed E-state index contributed by atoms with van der Waals surface area (Å²) in [5.74, 6) is 0.919. The van der Waals surface area contributed by atoms with Crippen LogP contribution in [0.5, 0.6) is 0 Å². The van der Waals surface area contributed by atoms with Gasteiger partial charge in [0, 0.05) is 17.8 Å². The van der Waals surface area contributed by atoms with Gasteiger partial charge in [-0.25, -0.2) is 4.99 Å². The van der Waals surface area contributed by atoms with Crippen molar-refractivity contribution in [1.29, 1.82) is 0 Å². The Hall–Kier alpha value is -1.26. The molecule has 0 bridgehead atoms. The van der Waals surface area contributed by atoms with Crippen LogP contribution in [0.15, 0.2) is 29.3 Å². The lowest BCUT2D eigenvalue weighted by Gasteiger charge is -2.10. The Morgan fingerprint density at radius 2 is 2.11 bits per heavy atom. The molecule has 1 aromatic carbocycles. The number of ether oxygens (including phenoxy) is 1. The van der Waals surface area contributed by atoms with Crippen LogP contribution in [0.25, 0.3) is 0 Å². The fourth-order valence-corrected chi connectivity index (χ4v) is 1.86. The van der Waals surface area contributed by atoms with Crippen LogP contribution in [-0.4, -0.2) is 41.7 Å². The lowest BCUT2D eigenvalue weighted by atomic mass is 10.1. The Morgan fingerprint density at radius 3 is 2.63 bits per heavy atom. The third-order valence-corrected chi connectivity index (χ3v) is 3.17. The molecule has 1 atom stereocenters. The van der Waals surface area contributed by atoms with E-state index in [4.69, 9.17) is 16.3 Å². The number of halogens is 1. The van der Waals surface area contributed by atoms with E-state index in [1.165, 1.54) is 0 Å². The van der Waals surface area contributed by atoms with Gasteiger partial charge in [-0.1, -0.05) is 0 Å². The molecule has 104 valence electrons. The van der Waals surface area contributed by atoms with Crippen molar-refractivity contribution in [2.75, 3.05) is 24.3 Å². The van der Waals surface area contributed by atoms with Crippen LogP contribution in [0, 0.1) is 0 Å². The Labute approximate surface area is 118 Å². The maximum absolute atomic E-state index is 9.37. The summed E-state index contributed by atoms with van der Waals surface area (Å²) in [6, 6.07) is 7.78. The predicted molar refractivity (Wildman–Crippen MR) is 78.2 cm³/mol. The van der Waals surface area contributed by atoms with Crippen molar-refractivity contribution in [2.24, 2.45) is 4.99 Å². The van der Waals surface area contributed by atoms with Crippen LogP contribution in [0.2, 0.25) is 0 Å². The highest BCUT2D eigenvalue weighted by atomic mass is 35.5. The highest BCUT2D eigenvalue weighted by Gasteiger charge is 2.26. The van der Waals surface area contributed by atoms with E-state index in [1.54, 1.807) is 0 Å². The molecule has 0 fully saturated rings. The fraction of sp³-hybridized carbons (Fsp3) is 0.500. The van der Waals surface area contributed by atoms with Gasteiger partial charge in [0.15, 0.2) is 0 Å². The minimum atomic E-state index is -0.537. The molecule has 0 aliphatic carbocycles. The van der Waals surface area contributed by atoms with Crippen molar-refractivity contribution in [2.45, 2.75) is 25.5 Å². The molecule has 1 heterocycles. The van der Waals surface area contributed by atoms with E-state index in [2.05, 4.69) is 10.3 Å². The summed E-state index contributed by atoms with van der Waals surface area (Å²) >= 11 is 5.53. The second-order valence-electron chi connectivity index (χ2n) is 5.28. The SMILES string of the molecule is CC1(C)COC(c2ccc(NCC(O)CCl)cc2)=N1. The summed E-state index contributed by atoms with van der Waals surface area (Å²) in [5, 5.41) is 12.5. The minimum Gasteiger partial charge on any atom is -0.475 e. The second-order valence-corrected chi connectivity index (χ2v) is 5.59. The first-order valence-electron chi connectivity index (χ1n) is 6.31. The number of anilines is 1. The minimum absolute atomic E-state index is 0.142. The van der Waals surface area contributed by atoms with Crippen LogP contribution in [0.1, 0.15) is 19.4 Å². The molecule has 2 rings (SSSR count). The van der Waals surface area contributed by atoms with Gasteiger partial charge in [-0.3, -0.25) is 0 Å². The van der Waals surface area contributed by atoms with E-state index in [-0.39, 0.29) is 11.4 Å². The zero-order valence-corrected chi connectivity index (χ0v) is 11.9.